The average Bonchev–Trinajstić information content (AvgIpc) is 3.30. The number of aromatic nitrogens is 1. The van der Waals surface area contributed by atoms with Gasteiger partial charge in [0.25, 0.3) is 5.56 Å². The van der Waals surface area contributed by atoms with E-state index in [1.807, 2.05) is 73.7 Å². The molecule has 1 aromatic heterocycles. The molecular weight excluding hydrogens is 552 g/mol. The van der Waals surface area contributed by atoms with Crippen LogP contribution in [0.15, 0.2) is 93.9 Å². The number of esters is 1. The maximum atomic E-state index is 14.1. The van der Waals surface area contributed by atoms with E-state index in [1.165, 1.54) is 11.3 Å². The minimum atomic E-state index is -0.767. The van der Waals surface area contributed by atoms with Gasteiger partial charge in [0, 0.05) is 5.56 Å². The van der Waals surface area contributed by atoms with Crippen molar-refractivity contribution in [3.63, 3.8) is 0 Å². The van der Waals surface area contributed by atoms with Crippen molar-refractivity contribution >= 4 is 23.4 Å². The number of methoxy groups -OCH3 is 1. The minimum Gasteiger partial charge on any atom is -0.493 e. The highest BCUT2D eigenvalue weighted by atomic mass is 32.1. The highest BCUT2D eigenvalue weighted by Crippen LogP contribution is 2.36. The summed E-state index contributed by atoms with van der Waals surface area (Å²) in [6, 6.07) is 22.1. The number of allylic oxidation sites excluding steroid dienone is 1. The zero-order valence-electron chi connectivity index (χ0n) is 24.0. The molecule has 0 unspecified atom stereocenters. The summed E-state index contributed by atoms with van der Waals surface area (Å²) in [4.78, 5) is 32.5. The summed E-state index contributed by atoms with van der Waals surface area (Å²) in [5.41, 5.74) is 3.00. The molecule has 0 amide bonds. The molecule has 216 valence electrons. The molecule has 0 aliphatic carbocycles. The quantitative estimate of drug-likeness (QED) is 0.249. The third-order valence-corrected chi connectivity index (χ3v) is 7.75. The number of ether oxygens (including phenoxy) is 4. The Kier molecular flexibility index (Phi) is 8.88. The highest BCUT2D eigenvalue weighted by Gasteiger charge is 2.34. The van der Waals surface area contributed by atoms with Crippen molar-refractivity contribution in [1.82, 2.24) is 4.57 Å². The SMILES string of the molecule is CCOC(=O)C1=C(C)N=c2s/c(=C/c3ccccc3OCc3ccccc3)c(=O)n2[C@@H]1c1ccc(OC)c(OCC)c1. The standard InChI is InChI=1S/C33H32N2O6S/c1-5-39-27-18-24(16-17-26(27)38-4)30-29(32(37)40-6-2)21(3)34-33-35(30)31(36)28(42-33)19-23-14-10-11-15-25(23)41-20-22-12-8-7-9-13-22/h7-19,30H,5-6,20H2,1-4H3/b28-19+/t30-/m1/s1. The third-order valence-electron chi connectivity index (χ3n) is 6.76. The van der Waals surface area contributed by atoms with Crippen molar-refractivity contribution in [2.75, 3.05) is 20.3 Å². The van der Waals surface area contributed by atoms with E-state index in [0.29, 0.717) is 56.6 Å². The monoisotopic (exact) mass is 584 g/mol. The van der Waals surface area contributed by atoms with Gasteiger partial charge in [0.1, 0.15) is 12.4 Å². The fourth-order valence-electron chi connectivity index (χ4n) is 4.85. The van der Waals surface area contributed by atoms with Gasteiger partial charge in [-0.05, 0) is 56.2 Å². The lowest BCUT2D eigenvalue weighted by Gasteiger charge is -2.25. The molecule has 3 aromatic carbocycles. The summed E-state index contributed by atoms with van der Waals surface area (Å²) in [6.07, 6.45) is 1.81. The third kappa shape index (κ3) is 5.87. The predicted octanol–water partition coefficient (Wildman–Crippen LogP) is 4.78. The Balaban J connectivity index is 1.63. The second-order valence-corrected chi connectivity index (χ2v) is 10.5. The van der Waals surface area contributed by atoms with Gasteiger partial charge in [-0.3, -0.25) is 9.36 Å². The Morgan fingerprint density at radius 3 is 2.45 bits per heavy atom. The fraction of sp³-hybridized carbons (Fsp3) is 0.242. The van der Waals surface area contributed by atoms with Gasteiger partial charge in [0.2, 0.25) is 0 Å². The number of para-hydroxylation sites is 1. The van der Waals surface area contributed by atoms with Gasteiger partial charge < -0.3 is 18.9 Å². The molecule has 1 aliphatic heterocycles. The molecule has 0 saturated carbocycles. The van der Waals surface area contributed by atoms with Crippen LogP contribution < -0.4 is 29.1 Å². The van der Waals surface area contributed by atoms with Gasteiger partial charge in [-0.2, -0.15) is 0 Å². The van der Waals surface area contributed by atoms with Gasteiger partial charge in [-0.25, -0.2) is 9.79 Å². The van der Waals surface area contributed by atoms with Crippen molar-refractivity contribution in [3.8, 4) is 17.2 Å². The Morgan fingerprint density at radius 1 is 0.952 bits per heavy atom. The van der Waals surface area contributed by atoms with E-state index in [4.69, 9.17) is 18.9 Å². The van der Waals surface area contributed by atoms with E-state index in [2.05, 4.69) is 4.99 Å². The molecule has 0 spiro atoms. The van der Waals surface area contributed by atoms with Gasteiger partial charge in [-0.15, -0.1) is 0 Å². The Labute approximate surface area is 247 Å². The first kappa shape index (κ1) is 28.9. The zero-order valence-corrected chi connectivity index (χ0v) is 24.8. The van der Waals surface area contributed by atoms with Gasteiger partial charge >= 0.3 is 5.97 Å². The van der Waals surface area contributed by atoms with E-state index in [1.54, 1.807) is 37.7 Å². The molecule has 1 atom stereocenters. The zero-order chi connectivity index (χ0) is 29.6. The molecule has 1 aliphatic rings. The number of carbonyl (C=O) groups excluding carboxylic acids is 1. The molecule has 9 heteroatoms. The lowest BCUT2D eigenvalue weighted by atomic mass is 9.95. The summed E-state index contributed by atoms with van der Waals surface area (Å²) >= 11 is 1.26. The lowest BCUT2D eigenvalue weighted by molar-refractivity contribution is -0.139. The molecule has 0 bridgehead atoms. The van der Waals surface area contributed by atoms with E-state index in [-0.39, 0.29) is 12.2 Å². The van der Waals surface area contributed by atoms with E-state index >= 15 is 0 Å². The molecule has 42 heavy (non-hydrogen) atoms. The molecular formula is C33H32N2O6S. The van der Waals surface area contributed by atoms with Crippen LogP contribution in [0.4, 0.5) is 0 Å². The van der Waals surface area contributed by atoms with Gasteiger partial charge in [-0.1, -0.05) is 65.9 Å². The normalized spacial score (nSPS) is 14.7. The van der Waals surface area contributed by atoms with Crippen LogP contribution in [-0.2, 0) is 16.1 Å². The van der Waals surface area contributed by atoms with Crippen LogP contribution in [-0.4, -0.2) is 30.9 Å². The van der Waals surface area contributed by atoms with E-state index in [0.717, 1.165) is 11.1 Å². The maximum Gasteiger partial charge on any atom is 0.338 e. The summed E-state index contributed by atoms with van der Waals surface area (Å²) in [7, 11) is 1.57. The van der Waals surface area contributed by atoms with E-state index < -0.39 is 12.0 Å². The first-order valence-corrected chi connectivity index (χ1v) is 14.5. The van der Waals surface area contributed by atoms with Crippen LogP contribution in [0.1, 0.15) is 43.5 Å². The van der Waals surface area contributed by atoms with Crippen LogP contribution in [0, 0.1) is 0 Å². The number of thiazole rings is 1. The number of nitrogens with zero attached hydrogens (tertiary/aromatic N) is 2. The second kappa shape index (κ2) is 12.9. The van der Waals surface area contributed by atoms with Gasteiger partial charge in [0.05, 0.1) is 42.2 Å². The smallest absolute Gasteiger partial charge is 0.338 e. The molecule has 4 aromatic rings. The Bertz CT molecular complexity index is 1810. The minimum absolute atomic E-state index is 0.194. The molecule has 2 heterocycles. The lowest BCUT2D eigenvalue weighted by Crippen LogP contribution is -2.40. The topological polar surface area (TPSA) is 88.4 Å². The van der Waals surface area contributed by atoms with Crippen molar-refractivity contribution in [3.05, 3.63) is 120 Å². The van der Waals surface area contributed by atoms with Crippen LogP contribution in [0.5, 0.6) is 17.2 Å². The van der Waals surface area contributed by atoms with Crippen molar-refractivity contribution in [2.24, 2.45) is 4.99 Å². The molecule has 5 rings (SSSR count). The van der Waals surface area contributed by atoms with Crippen LogP contribution in [0.2, 0.25) is 0 Å². The van der Waals surface area contributed by atoms with E-state index in [9.17, 15) is 9.59 Å². The summed E-state index contributed by atoms with van der Waals surface area (Å²) in [6.45, 7) is 6.40. The van der Waals surface area contributed by atoms with Crippen LogP contribution >= 0.6 is 11.3 Å². The van der Waals surface area contributed by atoms with Crippen molar-refractivity contribution in [1.29, 1.82) is 0 Å². The highest BCUT2D eigenvalue weighted by molar-refractivity contribution is 7.07. The Hall–Kier alpha value is -4.63. The molecule has 0 N–H and O–H groups in total. The molecule has 0 saturated heterocycles. The average molecular weight is 585 g/mol. The number of carbonyl (C=O) groups is 1. The number of rotatable bonds is 10. The van der Waals surface area contributed by atoms with Gasteiger partial charge in [0.15, 0.2) is 16.3 Å². The van der Waals surface area contributed by atoms with Crippen molar-refractivity contribution < 1.29 is 23.7 Å². The predicted molar refractivity (Wildman–Crippen MR) is 162 cm³/mol. The summed E-state index contributed by atoms with van der Waals surface area (Å²) in [5.74, 6) is 1.20. The van der Waals surface area contributed by atoms with Crippen LogP contribution in [0.3, 0.4) is 0 Å². The summed E-state index contributed by atoms with van der Waals surface area (Å²) < 4.78 is 24.8. The number of hydrogen-bond donors (Lipinski definition) is 0. The first-order chi connectivity index (χ1) is 20.4. The second-order valence-electron chi connectivity index (χ2n) is 9.46. The molecule has 0 fully saturated rings. The number of benzene rings is 3. The maximum absolute atomic E-state index is 14.1. The Morgan fingerprint density at radius 2 is 1.71 bits per heavy atom. The van der Waals surface area contributed by atoms with Crippen molar-refractivity contribution in [2.45, 2.75) is 33.4 Å². The molecule has 0 radical (unpaired) electrons. The number of hydrogen-bond acceptors (Lipinski definition) is 8. The largest absolute Gasteiger partial charge is 0.493 e. The number of fused-ring (bicyclic) bond motifs is 1. The first-order valence-electron chi connectivity index (χ1n) is 13.7. The molecule has 8 nitrogen and oxygen atoms in total. The fourth-order valence-corrected chi connectivity index (χ4v) is 5.88. The van der Waals surface area contributed by atoms with Crippen LogP contribution in [0.25, 0.3) is 6.08 Å². The summed E-state index contributed by atoms with van der Waals surface area (Å²) in [5, 5.41) is 0.